The van der Waals surface area contributed by atoms with Crippen molar-refractivity contribution in [2.45, 2.75) is 25.0 Å². The highest BCUT2D eigenvalue weighted by molar-refractivity contribution is 6.24. The molecule has 2 aromatic carbocycles. The predicted molar refractivity (Wildman–Crippen MR) is 109 cm³/mol. The molecule has 7 N–H and O–H groups in total. The maximum Gasteiger partial charge on any atom is 0.256 e. The molecule has 2 aromatic rings. The number of Topliss-reactive ketones (excluding diaryl/α,β-unsaturated/α-hetero) is 2. The number of primary amides is 1. The molecule has 170 valence electrons. The Morgan fingerprint density at radius 1 is 1.19 bits per heavy atom. The molecule has 1 amide bonds. The molecule has 0 spiro atoms. The van der Waals surface area contributed by atoms with E-state index in [-0.39, 0.29) is 35.5 Å². The quantitative estimate of drug-likeness (QED) is 0.248. The lowest BCUT2D eigenvalue weighted by molar-refractivity contribution is -0.880. The number of aliphatic hydroxyl groups is 2. The number of benzene rings is 2. The molecule has 0 fully saturated rings. The van der Waals surface area contributed by atoms with Gasteiger partial charge in [-0.2, -0.15) is 0 Å². The van der Waals surface area contributed by atoms with Gasteiger partial charge in [0.15, 0.2) is 11.6 Å². The van der Waals surface area contributed by atoms with E-state index in [9.17, 15) is 34.8 Å². The van der Waals surface area contributed by atoms with Gasteiger partial charge in [0, 0.05) is 0 Å². The molecule has 0 aliphatic heterocycles. The standard InChI is InChI=1S/C22H22N2O7.ClH/c1-8-9-5-4-6-12(25)13(9)17(26)14-10(8)7-11-16(24(2)3)18(27)15(21(23)30)20(29)22(11,31)19(14)28;/h4-6,11,16,25-26,29,31H,7H2,1-3H3,(H2,23,30);1H/t11?,16-,22-;/m0./s1. The number of aryl methyl sites for hydroxylation is 1. The number of halogens is 1. The number of ketones is 2. The second-order valence-electron chi connectivity index (χ2n) is 8.44. The molecule has 3 atom stereocenters. The SMILES string of the molecule is Cc1c2c(c(O)c3c(O)cccc13)C(=O)[C@]1(O)C(O)=C(C(N)=O)C(=O)[C@@H]([NH+](C)C)C1C2.[Cl-]. The largest absolute Gasteiger partial charge is 1.00 e. The second kappa shape index (κ2) is 7.47. The first-order chi connectivity index (χ1) is 14.4. The van der Waals surface area contributed by atoms with Crippen LogP contribution in [0.5, 0.6) is 11.5 Å². The summed E-state index contributed by atoms with van der Waals surface area (Å²) in [5.41, 5.74) is 2.58. The van der Waals surface area contributed by atoms with Gasteiger partial charge in [-0.15, -0.1) is 0 Å². The summed E-state index contributed by atoms with van der Waals surface area (Å²) in [5.74, 6) is -6.05. The lowest BCUT2D eigenvalue weighted by Crippen LogP contribution is -3.13. The number of fused-ring (bicyclic) bond motifs is 3. The first-order valence-corrected chi connectivity index (χ1v) is 9.75. The Morgan fingerprint density at radius 3 is 2.38 bits per heavy atom. The van der Waals surface area contributed by atoms with Crippen LogP contribution >= 0.6 is 0 Å². The van der Waals surface area contributed by atoms with Crippen molar-refractivity contribution in [1.82, 2.24) is 0 Å². The van der Waals surface area contributed by atoms with Gasteiger partial charge in [0.05, 0.1) is 31.0 Å². The Hall–Kier alpha value is -3.14. The highest BCUT2D eigenvalue weighted by atomic mass is 35.5. The fourth-order valence-electron chi connectivity index (χ4n) is 5.14. The number of phenols is 2. The molecule has 0 saturated carbocycles. The summed E-state index contributed by atoms with van der Waals surface area (Å²) in [6, 6.07) is 3.59. The van der Waals surface area contributed by atoms with Gasteiger partial charge in [-0.05, 0) is 35.9 Å². The van der Waals surface area contributed by atoms with Gasteiger partial charge in [0.25, 0.3) is 5.91 Å². The molecule has 2 aliphatic carbocycles. The number of aliphatic hydroxyl groups excluding tert-OH is 1. The third-order valence-electron chi connectivity index (χ3n) is 6.61. The Labute approximate surface area is 189 Å². The third kappa shape index (κ3) is 2.75. The van der Waals surface area contributed by atoms with E-state index in [1.54, 1.807) is 33.2 Å². The Morgan fingerprint density at radius 2 is 1.81 bits per heavy atom. The van der Waals surface area contributed by atoms with Crippen LogP contribution in [0.1, 0.15) is 21.5 Å². The molecule has 2 aliphatic rings. The number of quaternary nitrogens is 1. The molecular formula is C22H23ClN2O7. The lowest BCUT2D eigenvalue weighted by atomic mass is 9.61. The minimum atomic E-state index is -2.63. The number of carbonyl (C=O) groups is 3. The molecule has 0 radical (unpaired) electrons. The smallest absolute Gasteiger partial charge is 0.256 e. The normalized spacial score (nSPS) is 24.9. The molecule has 10 heteroatoms. The Kier molecular flexibility index (Phi) is 5.49. The summed E-state index contributed by atoms with van der Waals surface area (Å²) >= 11 is 0. The van der Waals surface area contributed by atoms with E-state index in [1.807, 2.05) is 0 Å². The molecule has 0 aromatic heterocycles. The van der Waals surface area contributed by atoms with E-state index in [1.165, 1.54) is 6.07 Å². The van der Waals surface area contributed by atoms with Crippen LogP contribution in [0.15, 0.2) is 29.5 Å². The van der Waals surface area contributed by atoms with Gasteiger partial charge in [0.1, 0.15) is 22.8 Å². The van der Waals surface area contributed by atoms with Crippen molar-refractivity contribution in [2.75, 3.05) is 14.1 Å². The van der Waals surface area contributed by atoms with Gasteiger partial charge < -0.3 is 43.5 Å². The predicted octanol–water partition coefficient (Wildman–Crippen LogP) is -3.96. The number of rotatable bonds is 2. The number of hydrogen-bond acceptors (Lipinski definition) is 7. The molecule has 4 rings (SSSR count). The number of aromatic hydroxyl groups is 2. The third-order valence-corrected chi connectivity index (χ3v) is 6.61. The van der Waals surface area contributed by atoms with Crippen molar-refractivity contribution in [3.63, 3.8) is 0 Å². The van der Waals surface area contributed by atoms with E-state index in [4.69, 9.17) is 5.73 Å². The number of nitrogens with one attached hydrogen (secondary N) is 1. The van der Waals surface area contributed by atoms with Crippen molar-refractivity contribution in [3.8, 4) is 11.5 Å². The Balaban J connectivity index is 0.00000289. The highest BCUT2D eigenvalue weighted by Crippen LogP contribution is 2.49. The fourth-order valence-corrected chi connectivity index (χ4v) is 5.14. The first-order valence-electron chi connectivity index (χ1n) is 9.75. The summed E-state index contributed by atoms with van der Waals surface area (Å²) in [6.07, 6.45) is -0.0275. The molecule has 32 heavy (non-hydrogen) atoms. The topological polar surface area (TPSA) is 163 Å². The fraction of sp³-hybridized carbons (Fsp3) is 0.318. The van der Waals surface area contributed by atoms with Crippen molar-refractivity contribution < 1.29 is 52.1 Å². The van der Waals surface area contributed by atoms with Crippen molar-refractivity contribution >= 4 is 28.2 Å². The number of likely N-dealkylation sites (N-methyl/N-ethyl adjacent to an activating group) is 1. The molecule has 0 heterocycles. The van der Waals surface area contributed by atoms with Gasteiger partial charge in [-0.1, -0.05) is 12.1 Å². The monoisotopic (exact) mass is 462 g/mol. The summed E-state index contributed by atoms with van der Waals surface area (Å²) in [7, 11) is 3.26. The van der Waals surface area contributed by atoms with Crippen molar-refractivity contribution in [1.29, 1.82) is 0 Å². The average Bonchev–Trinajstić information content (AvgIpc) is 2.68. The summed E-state index contributed by atoms with van der Waals surface area (Å²) in [6.45, 7) is 1.71. The van der Waals surface area contributed by atoms with E-state index >= 15 is 0 Å². The Bertz CT molecular complexity index is 1240. The summed E-state index contributed by atoms with van der Waals surface area (Å²) in [5, 5.41) is 44.0. The van der Waals surface area contributed by atoms with Crippen LogP contribution in [-0.2, 0) is 16.0 Å². The van der Waals surface area contributed by atoms with Gasteiger partial charge in [0.2, 0.25) is 11.6 Å². The molecule has 0 saturated heterocycles. The summed E-state index contributed by atoms with van der Waals surface area (Å²) in [4.78, 5) is 39.1. The minimum absolute atomic E-state index is 0. The second-order valence-corrected chi connectivity index (χ2v) is 8.44. The van der Waals surface area contributed by atoms with Gasteiger partial charge in [-0.25, -0.2) is 0 Å². The van der Waals surface area contributed by atoms with E-state index in [0.29, 0.717) is 21.4 Å². The maximum absolute atomic E-state index is 13.6. The molecule has 0 bridgehead atoms. The van der Waals surface area contributed by atoms with E-state index in [2.05, 4.69) is 0 Å². The average molecular weight is 463 g/mol. The molecular weight excluding hydrogens is 440 g/mol. The van der Waals surface area contributed by atoms with Crippen molar-refractivity contribution in [3.05, 3.63) is 46.2 Å². The number of carbonyl (C=O) groups excluding carboxylic acids is 3. The van der Waals surface area contributed by atoms with Crippen LogP contribution in [0.3, 0.4) is 0 Å². The zero-order chi connectivity index (χ0) is 23.0. The molecule has 1 unspecified atom stereocenters. The highest BCUT2D eigenvalue weighted by Gasteiger charge is 2.64. The number of phenolic OH excluding ortho intramolecular Hbond substituents is 2. The lowest BCUT2D eigenvalue weighted by Gasteiger charge is -2.45. The molecule has 9 nitrogen and oxygen atoms in total. The maximum atomic E-state index is 13.6. The zero-order valence-electron chi connectivity index (χ0n) is 17.6. The van der Waals surface area contributed by atoms with Crippen LogP contribution in [0.4, 0.5) is 0 Å². The van der Waals surface area contributed by atoms with Gasteiger partial charge >= 0.3 is 0 Å². The van der Waals surface area contributed by atoms with Crippen LogP contribution < -0.4 is 23.0 Å². The number of hydrogen-bond donors (Lipinski definition) is 6. The zero-order valence-corrected chi connectivity index (χ0v) is 18.3. The number of amides is 1. The van der Waals surface area contributed by atoms with Crippen LogP contribution in [-0.4, -0.2) is 63.6 Å². The first kappa shape index (κ1) is 23.5. The van der Waals surface area contributed by atoms with Gasteiger partial charge in [-0.3, -0.25) is 14.4 Å². The van der Waals surface area contributed by atoms with E-state index < -0.39 is 52.1 Å². The van der Waals surface area contributed by atoms with E-state index in [0.717, 1.165) is 0 Å². The van der Waals surface area contributed by atoms with Crippen LogP contribution in [0.2, 0.25) is 0 Å². The van der Waals surface area contributed by atoms with Crippen molar-refractivity contribution in [2.24, 2.45) is 11.7 Å². The minimum Gasteiger partial charge on any atom is -1.00 e. The van der Waals surface area contributed by atoms with Crippen LogP contribution in [0.25, 0.3) is 10.8 Å². The van der Waals surface area contributed by atoms with Crippen LogP contribution in [0, 0.1) is 12.8 Å². The summed E-state index contributed by atoms with van der Waals surface area (Å²) < 4.78 is 0. The number of nitrogens with two attached hydrogens (primary N) is 1.